The Morgan fingerprint density at radius 3 is 2.83 bits per heavy atom. The summed E-state index contributed by atoms with van der Waals surface area (Å²) in [6.07, 6.45) is 6.42. The monoisotopic (exact) mass is 232 g/mol. The van der Waals surface area contributed by atoms with Gasteiger partial charge in [0.05, 0.1) is 0 Å². The lowest BCUT2D eigenvalue weighted by atomic mass is 9.89. The Hall–Kier alpha value is 0.150. The summed E-state index contributed by atoms with van der Waals surface area (Å²) in [4.78, 5) is 11.8. The van der Waals surface area contributed by atoms with Crippen molar-refractivity contribution in [3.8, 4) is 0 Å². The average Bonchev–Trinajstić information content (AvgIpc) is 1.99. The molecule has 2 heteroatoms. The van der Waals surface area contributed by atoms with Crippen molar-refractivity contribution in [3.63, 3.8) is 0 Å². The van der Waals surface area contributed by atoms with E-state index in [0.29, 0.717) is 16.5 Å². The number of hydrogen-bond donors (Lipinski definition) is 0. The fourth-order valence-electron chi connectivity index (χ4n) is 1.83. The van der Waals surface area contributed by atoms with Crippen LogP contribution in [0.25, 0.3) is 0 Å². The Morgan fingerprint density at radius 2 is 2.17 bits per heavy atom. The van der Waals surface area contributed by atoms with E-state index in [1.54, 1.807) is 0 Å². The van der Waals surface area contributed by atoms with Crippen molar-refractivity contribution in [2.24, 2.45) is 5.92 Å². The zero-order valence-electron chi connectivity index (χ0n) is 7.68. The minimum Gasteiger partial charge on any atom is -0.300 e. The summed E-state index contributed by atoms with van der Waals surface area (Å²) >= 11 is 3.53. The summed E-state index contributed by atoms with van der Waals surface area (Å²) < 4.78 is 0. The lowest BCUT2D eigenvalue weighted by Crippen LogP contribution is -2.16. The number of rotatable bonds is 1. The first-order valence-corrected chi connectivity index (χ1v) is 5.79. The molecule has 2 unspecified atom stereocenters. The van der Waals surface area contributed by atoms with E-state index in [2.05, 4.69) is 22.9 Å². The van der Waals surface area contributed by atoms with E-state index in [-0.39, 0.29) is 0 Å². The molecule has 2 atom stereocenters. The number of ketones is 1. The van der Waals surface area contributed by atoms with E-state index in [9.17, 15) is 4.79 Å². The van der Waals surface area contributed by atoms with Gasteiger partial charge in [-0.15, -0.1) is 0 Å². The highest BCUT2D eigenvalue weighted by molar-refractivity contribution is 9.09. The van der Waals surface area contributed by atoms with E-state index in [0.717, 1.165) is 12.8 Å². The van der Waals surface area contributed by atoms with E-state index >= 15 is 0 Å². The largest absolute Gasteiger partial charge is 0.300 e. The molecule has 0 aromatic heterocycles. The minimum atomic E-state index is 0.447. The van der Waals surface area contributed by atoms with Crippen LogP contribution in [-0.2, 0) is 4.79 Å². The number of carbonyl (C=O) groups excluding carboxylic acids is 1. The molecule has 1 aliphatic carbocycles. The van der Waals surface area contributed by atoms with Crippen LogP contribution < -0.4 is 0 Å². The van der Waals surface area contributed by atoms with Crippen LogP contribution in [0.1, 0.15) is 45.4 Å². The third-order valence-corrected chi connectivity index (χ3v) is 3.45. The Labute approximate surface area is 83.0 Å². The van der Waals surface area contributed by atoms with Crippen molar-refractivity contribution < 1.29 is 4.79 Å². The summed E-state index contributed by atoms with van der Waals surface area (Å²) in [5.74, 6) is 1.11. The molecule has 1 nitrogen and oxygen atoms in total. The molecule has 0 aromatic rings. The van der Waals surface area contributed by atoms with Gasteiger partial charge in [-0.2, -0.15) is 0 Å². The maximum absolute atomic E-state index is 11.4. The molecule has 0 spiro atoms. The number of hydrogen-bond acceptors (Lipinski definition) is 1. The molecule has 1 fully saturated rings. The van der Waals surface area contributed by atoms with E-state index in [1.165, 1.54) is 25.7 Å². The highest BCUT2D eigenvalue weighted by Crippen LogP contribution is 2.25. The summed E-state index contributed by atoms with van der Waals surface area (Å²) in [7, 11) is 0. The fourth-order valence-corrected chi connectivity index (χ4v) is 2.52. The maximum atomic E-state index is 11.4. The fraction of sp³-hybridized carbons (Fsp3) is 0.900. The van der Waals surface area contributed by atoms with Crippen molar-refractivity contribution in [1.82, 2.24) is 0 Å². The van der Waals surface area contributed by atoms with Gasteiger partial charge in [0.15, 0.2) is 0 Å². The number of Topliss-reactive ketones (excluding diaryl/α,β-unsaturated/α-hetero) is 1. The van der Waals surface area contributed by atoms with Crippen LogP contribution in [-0.4, -0.2) is 10.6 Å². The van der Waals surface area contributed by atoms with Crippen molar-refractivity contribution in [1.29, 1.82) is 0 Å². The smallest absolute Gasteiger partial charge is 0.134 e. The highest BCUT2D eigenvalue weighted by atomic mass is 79.9. The quantitative estimate of drug-likeness (QED) is 0.635. The summed E-state index contributed by atoms with van der Waals surface area (Å²) in [6.45, 7) is 2.19. The van der Waals surface area contributed by atoms with Crippen molar-refractivity contribution in [3.05, 3.63) is 0 Å². The number of halogens is 1. The molecule has 0 aliphatic heterocycles. The molecule has 0 amide bonds. The average molecular weight is 233 g/mol. The van der Waals surface area contributed by atoms with Crippen LogP contribution in [0.5, 0.6) is 0 Å². The molecule has 70 valence electrons. The van der Waals surface area contributed by atoms with Crippen LogP contribution in [0.15, 0.2) is 0 Å². The van der Waals surface area contributed by atoms with Crippen molar-refractivity contribution >= 4 is 21.7 Å². The Balaban J connectivity index is 2.42. The van der Waals surface area contributed by atoms with E-state index < -0.39 is 0 Å². The van der Waals surface area contributed by atoms with Crippen LogP contribution in [0, 0.1) is 5.92 Å². The summed E-state index contributed by atoms with van der Waals surface area (Å²) in [6, 6.07) is 0. The number of carbonyl (C=O) groups is 1. The Morgan fingerprint density at radius 1 is 1.42 bits per heavy atom. The van der Waals surface area contributed by atoms with Gasteiger partial charge >= 0.3 is 0 Å². The van der Waals surface area contributed by atoms with Crippen molar-refractivity contribution in [2.75, 3.05) is 0 Å². The first-order chi connectivity index (χ1) is 5.72. The molecule has 1 saturated carbocycles. The lowest BCUT2D eigenvalue weighted by molar-refractivity contribution is -0.120. The topological polar surface area (TPSA) is 17.1 Å². The van der Waals surface area contributed by atoms with Gasteiger partial charge in [-0.05, 0) is 18.8 Å². The molecule has 0 aromatic carbocycles. The summed E-state index contributed by atoms with van der Waals surface area (Å²) in [5.41, 5.74) is 0. The van der Waals surface area contributed by atoms with Crippen LogP contribution >= 0.6 is 15.9 Å². The van der Waals surface area contributed by atoms with Crippen LogP contribution in [0.3, 0.4) is 0 Å². The van der Waals surface area contributed by atoms with E-state index in [4.69, 9.17) is 0 Å². The normalized spacial score (nSPS) is 32.7. The van der Waals surface area contributed by atoms with Gasteiger partial charge in [-0.1, -0.05) is 35.7 Å². The van der Waals surface area contributed by atoms with Crippen LogP contribution in [0.4, 0.5) is 0 Å². The number of alkyl halides is 1. The first-order valence-electron chi connectivity index (χ1n) is 4.88. The Bertz CT molecular complexity index is 156. The van der Waals surface area contributed by atoms with Gasteiger partial charge in [-0.25, -0.2) is 0 Å². The summed E-state index contributed by atoms with van der Waals surface area (Å²) in [5, 5.41) is 0. The van der Waals surface area contributed by atoms with Gasteiger partial charge in [0.2, 0.25) is 0 Å². The zero-order chi connectivity index (χ0) is 8.97. The van der Waals surface area contributed by atoms with Gasteiger partial charge in [0.25, 0.3) is 0 Å². The predicted octanol–water partition coefficient (Wildman–Crippen LogP) is 3.31. The molecule has 12 heavy (non-hydrogen) atoms. The zero-order valence-corrected chi connectivity index (χ0v) is 9.27. The van der Waals surface area contributed by atoms with Gasteiger partial charge < -0.3 is 0 Å². The molecule has 0 heterocycles. The third-order valence-electron chi connectivity index (χ3n) is 2.67. The molecule has 1 rings (SSSR count). The molecule has 0 bridgehead atoms. The van der Waals surface area contributed by atoms with Gasteiger partial charge in [0, 0.05) is 17.7 Å². The second-order valence-corrected chi connectivity index (χ2v) is 5.04. The SMILES string of the molecule is CCC1CCCC(Br)CC(=O)C1. The van der Waals surface area contributed by atoms with Gasteiger partial charge in [0.1, 0.15) is 5.78 Å². The van der Waals surface area contributed by atoms with E-state index in [1.807, 2.05) is 0 Å². The lowest BCUT2D eigenvalue weighted by Gasteiger charge is -2.19. The molecule has 0 N–H and O–H groups in total. The third kappa shape index (κ3) is 3.26. The highest BCUT2D eigenvalue weighted by Gasteiger charge is 2.18. The van der Waals surface area contributed by atoms with Crippen molar-refractivity contribution in [2.45, 2.75) is 50.3 Å². The molecular formula is C10H17BrO. The first kappa shape index (κ1) is 10.2. The minimum absolute atomic E-state index is 0.447. The second kappa shape index (κ2) is 5.00. The van der Waals surface area contributed by atoms with Gasteiger partial charge in [-0.3, -0.25) is 4.79 Å². The predicted molar refractivity (Wildman–Crippen MR) is 54.6 cm³/mol. The molecule has 0 radical (unpaired) electrons. The molecule has 0 saturated heterocycles. The molecular weight excluding hydrogens is 216 g/mol. The Kier molecular flexibility index (Phi) is 4.27. The maximum Gasteiger partial charge on any atom is 0.134 e. The second-order valence-electron chi connectivity index (χ2n) is 3.75. The standard InChI is InChI=1S/C10H17BrO/c1-2-8-4-3-5-9(11)7-10(12)6-8/h8-9H,2-7H2,1H3. The van der Waals surface area contributed by atoms with Crippen LogP contribution in [0.2, 0.25) is 0 Å². The molecule has 1 aliphatic rings.